The van der Waals surface area contributed by atoms with Gasteiger partial charge in [-0.2, -0.15) is 0 Å². The lowest BCUT2D eigenvalue weighted by molar-refractivity contribution is -0.127. The third kappa shape index (κ3) is 2.63. The van der Waals surface area contributed by atoms with E-state index in [1.807, 2.05) is 19.9 Å². The molecule has 1 aliphatic rings. The van der Waals surface area contributed by atoms with Crippen LogP contribution in [0.15, 0.2) is 22.8 Å². The summed E-state index contributed by atoms with van der Waals surface area (Å²) in [6, 6.07) is 3.64. The highest BCUT2D eigenvalue weighted by Crippen LogP contribution is 2.26. The minimum atomic E-state index is -0.404. The number of carbonyl (C=O) groups excluding carboxylic acids is 2. The summed E-state index contributed by atoms with van der Waals surface area (Å²) in [4.78, 5) is 23.6. The summed E-state index contributed by atoms with van der Waals surface area (Å²) in [5, 5.41) is 6.47. The van der Waals surface area contributed by atoms with Crippen molar-refractivity contribution in [3.8, 4) is 0 Å². The van der Waals surface area contributed by atoms with Gasteiger partial charge in [0.05, 0.1) is 12.7 Å². The Hall–Kier alpha value is -2.30. The summed E-state index contributed by atoms with van der Waals surface area (Å²) >= 11 is 0. The number of carbonyl (C=O) groups is 2. The molecule has 5 nitrogen and oxygen atoms in total. The summed E-state index contributed by atoms with van der Waals surface area (Å²) in [5.41, 5.74) is 3.89. The van der Waals surface area contributed by atoms with Gasteiger partial charge in [-0.05, 0) is 37.5 Å². The van der Waals surface area contributed by atoms with Crippen LogP contribution < -0.4 is 10.6 Å². The van der Waals surface area contributed by atoms with Gasteiger partial charge in [-0.25, -0.2) is 0 Å². The Bertz CT molecular complexity index is 718. The molecule has 1 aliphatic heterocycles. The van der Waals surface area contributed by atoms with Gasteiger partial charge in [-0.1, -0.05) is 6.07 Å². The van der Waals surface area contributed by atoms with Crippen molar-refractivity contribution in [2.75, 3.05) is 6.54 Å². The van der Waals surface area contributed by atoms with Crippen molar-refractivity contribution in [2.24, 2.45) is 0 Å². The van der Waals surface area contributed by atoms with Crippen molar-refractivity contribution >= 4 is 22.8 Å². The molecule has 5 heteroatoms. The Balaban J connectivity index is 1.78. The van der Waals surface area contributed by atoms with E-state index in [0.717, 1.165) is 27.7 Å². The molecule has 0 bridgehead atoms. The molecule has 0 spiro atoms. The molecular weight excluding hydrogens is 268 g/mol. The van der Waals surface area contributed by atoms with Gasteiger partial charge < -0.3 is 15.1 Å². The van der Waals surface area contributed by atoms with E-state index in [9.17, 15) is 9.59 Å². The smallest absolute Gasteiger partial charge is 0.242 e. The molecule has 1 aromatic carbocycles. The maximum Gasteiger partial charge on any atom is 0.242 e. The number of fused-ring (bicyclic) bond motifs is 1. The predicted molar refractivity (Wildman–Crippen MR) is 78.9 cm³/mol. The number of furan rings is 1. The first-order valence-electron chi connectivity index (χ1n) is 7.09. The average Bonchev–Trinajstić information content (AvgIpc) is 2.97. The number of amides is 2. The fraction of sp³-hybridized carbons (Fsp3) is 0.375. The Morgan fingerprint density at radius 1 is 1.43 bits per heavy atom. The molecule has 1 fully saturated rings. The molecule has 2 amide bonds. The molecular formula is C16H18N2O3. The SMILES string of the molecule is Cc1cc(C)c2c(CC(=O)N[C@H]3CCNC3=O)coc2c1. The van der Waals surface area contributed by atoms with Crippen LogP contribution in [0.5, 0.6) is 0 Å². The van der Waals surface area contributed by atoms with Gasteiger partial charge in [-0.15, -0.1) is 0 Å². The van der Waals surface area contributed by atoms with Crippen LogP contribution in [0.3, 0.4) is 0 Å². The van der Waals surface area contributed by atoms with E-state index in [2.05, 4.69) is 16.7 Å². The largest absolute Gasteiger partial charge is 0.464 e. The van der Waals surface area contributed by atoms with Crippen LogP contribution in [0, 0.1) is 13.8 Å². The van der Waals surface area contributed by atoms with E-state index < -0.39 is 6.04 Å². The lowest BCUT2D eigenvalue weighted by Gasteiger charge is -2.09. The predicted octanol–water partition coefficient (Wildman–Crippen LogP) is 1.60. The highest BCUT2D eigenvalue weighted by Gasteiger charge is 2.25. The van der Waals surface area contributed by atoms with E-state index in [1.54, 1.807) is 6.26 Å². The second-order valence-corrected chi connectivity index (χ2v) is 5.59. The van der Waals surface area contributed by atoms with E-state index in [0.29, 0.717) is 13.0 Å². The summed E-state index contributed by atoms with van der Waals surface area (Å²) in [7, 11) is 0. The molecule has 2 N–H and O–H groups in total. The molecule has 0 aliphatic carbocycles. The lowest BCUT2D eigenvalue weighted by atomic mass is 10.0. The second kappa shape index (κ2) is 5.24. The highest BCUT2D eigenvalue weighted by molar-refractivity contribution is 5.93. The molecule has 2 heterocycles. The van der Waals surface area contributed by atoms with Crippen molar-refractivity contribution < 1.29 is 14.0 Å². The zero-order valence-corrected chi connectivity index (χ0v) is 12.2. The number of rotatable bonds is 3. The van der Waals surface area contributed by atoms with Gasteiger partial charge in [0.15, 0.2) is 0 Å². The summed E-state index contributed by atoms with van der Waals surface area (Å²) < 4.78 is 5.54. The average molecular weight is 286 g/mol. The summed E-state index contributed by atoms with van der Waals surface area (Å²) in [6.07, 6.45) is 2.50. The van der Waals surface area contributed by atoms with Gasteiger partial charge in [0, 0.05) is 17.5 Å². The van der Waals surface area contributed by atoms with Gasteiger partial charge in [0.1, 0.15) is 11.6 Å². The number of nitrogens with one attached hydrogen (secondary N) is 2. The minimum Gasteiger partial charge on any atom is -0.464 e. The second-order valence-electron chi connectivity index (χ2n) is 5.59. The van der Waals surface area contributed by atoms with Crippen LogP contribution in [0.1, 0.15) is 23.1 Å². The molecule has 1 atom stereocenters. The Kier molecular flexibility index (Phi) is 3.41. The van der Waals surface area contributed by atoms with Crippen LogP contribution in [-0.4, -0.2) is 24.4 Å². The summed E-state index contributed by atoms with van der Waals surface area (Å²) in [5.74, 6) is -0.257. The number of hydrogen-bond acceptors (Lipinski definition) is 3. The zero-order valence-electron chi connectivity index (χ0n) is 12.2. The fourth-order valence-electron chi connectivity index (χ4n) is 2.91. The highest BCUT2D eigenvalue weighted by atomic mass is 16.3. The van der Waals surface area contributed by atoms with Crippen molar-refractivity contribution in [3.05, 3.63) is 35.1 Å². The number of hydrogen-bond donors (Lipinski definition) is 2. The molecule has 1 saturated heterocycles. The molecule has 1 aromatic heterocycles. The molecule has 110 valence electrons. The van der Waals surface area contributed by atoms with Crippen LogP contribution >= 0.6 is 0 Å². The summed E-state index contributed by atoms with van der Waals surface area (Å²) in [6.45, 7) is 4.65. The first kappa shape index (κ1) is 13.7. The first-order chi connectivity index (χ1) is 10.0. The standard InChI is InChI=1S/C16H18N2O3/c1-9-5-10(2)15-11(8-21-13(15)6-9)7-14(19)18-12-3-4-17-16(12)20/h5-6,8,12H,3-4,7H2,1-2H3,(H,17,20)(H,18,19)/t12-/m0/s1. The molecule has 2 aromatic rings. The Morgan fingerprint density at radius 3 is 2.95 bits per heavy atom. The molecule has 3 rings (SSSR count). The number of aryl methyl sites for hydroxylation is 2. The van der Waals surface area contributed by atoms with Crippen LogP contribution in [0.4, 0.5) is 0 Å². The number of benzene rings is 1. The van der Waals surface area contributed by atoms with E-state index in [4.69, 9.17) is 4.42 Å². The zero-order chi connectivity index (χ0) is 15.0. The normalized spacial score (nSPS) is 18.0. The Morgan fingerprint density at radius 2 is 2.24 bits per heavy atom. The van der Waals surface area contributed by atoms with Crippen LogP contribution in [0.2, 0.25) is 0 Å². The third-order valence-corrected chi connectivity index (χ3v) is 3.83. The molecule has 0 saturated carbocycles. The minimum absolute atomic E-state index is 0.104. The van der Waals surface area contributed by atoms with Crippen molar-refractivity contribution in [3.63, 3.8) is 0 Å². The first-order valence-corrected chi connectivity index (χ1v) is 7.09. The van der Waals surface area contributed by atoms with Gasteiger partial charge in [-0.3, -0.25) is 9.59 Å². The van der Waals surface area contributed by atoms with E-state index in [-0.39, 0.29) is 18.2 Å². The van der Waals surface area contributed by atoms with Crippen LogP contribution in [-0.2, 0) is 16.0 Å². The van der Waals surface area contributed by atoms with E-state index in [1.165, 1.54) is 0 Å². The third-order valence-electron chi connectivity index (χ3n) is 3.83. The lowest BCUT2D eigenvalue weighted by Crippen LogP contribution is -2.40. The van der Waals surface area contributed by atoms with Gasteiger partial charge in [0.2, 0.25) is 11.8 Å². The van der Waals surface area contributed by atoms with E-state index >= 15 is 0 Å². The van der Waals surface area contributed by atoms with Crippen molar-refractivity contribution in [1.82, 2.24) is 10.6 Å². The van der Waals surface area contributed by atoms with Crippen molar-refractivity contribution in [2.45, 2.75) is 32.7 Å². The quantitative estimate of drug-likeness (QED) is 0.900. The van der Waals surface area contributed by atoms with Crippen molar-refractivity contribution in [1.29, 1.82) is 0 Å². The fourth-order valence-corrected chi connectivity index (χ4v) is 2.91. The maximum absolute atomic E-state index is 12.1. The molecule has 0 radical (unpaired) electrons. The topological polar surface area (TPSA) is 71.3 Å². The monoisotopic (exact) mass is 286 g/mol. The maximum atomic E-state index is 12.1. The van der Waals surface area contributed by atoms with Gasteiger partial charge >= 0.3 is 0 Å². The van der Waals surface area contributed by atoms with Crippen LogP contribution in [0.25, 0.3) is 11.0 Å². The molecule has 0 unspecified atom stereocenters. The van der Waals surface area contributed by atoms with Gasteiger partial charge in [0.25, 0.3) is 0 Å². The Labute approximate surface area is 122 Å². The molecule has 21 heavy (non-hydrogen) atoms.